The lowest BCUT2D eigenvalue weighted by Gasteiger charge is -2.11. The summed E-state index contributed by atoms with van der Waals surface area (Å²) in [6.45, 7) is 1.88. The van der Waals surface area contributed by atoms with E-state index in [0.717, 1.165) is 16.8 Å². The van der Waals surface area contributed by atoms with Crippen molar-refractivity contribution in [3.8, 4) is 11.3 Å². The number of hydrogen-bond acceptors (Lipinski definition) is 3. The van der Waals surface area contributed by atoms with Gasteiger partial charge in [0.1, 0.15) is 0 Å². The first-order chi connectivity index (χ1) is 11.6. The van der Waals surface area contributed by atoms with Crippen molar-refractivity contribution in [2.45, 2.75) is 6.92 Å². The minimum absolute atomic E-state index is 0.323. The number of amides is 2. The van der Waals surface area contributed by atoms with Crippen LogP contribution in [0.2, 0.25) is 0 Å². The predicted octanol–water partition coefficient (Wildman–Crippen LogP) is 3.20. The summed E-state index contributed by atoms with van der Waals surface area (Å²) in [5, 5.41) is 4.45. The van der Waals surface area contributed by atoms with E-state index < -0.39 is 0 Å². The van der Waals surface area contributed by atoms with Crippen LogP contribution in [0, 0.1) is 6.92 Å². The Hall–Kier alpha value is -3.21. The van der Waals surface area contributed by atoms with Crippen molar-refractivity contribution in [3.05, 3.63) is 71.3 Å². The first-order valence-electron chi connectivity index (χ1n) is 7.66. The van der Waals surface area contributed by atoms with Crippen molar-refractivity contribution >= 4 is 17.6 Å². The zero-order chi connectivity index (χ0) is 16.8. The van der Waals surface area contributed by atoms with Crippen LogP contribution in [0.4, 0.5) is 5.82 Å². The highest BCUT2D eigenvalue weighted by atomic mass is 16.2. The minimum Gasteiger partial charge on any atom is -0.268 e. The van der Waals surface area contributed by atoms with Gasteiger partial charge in [-0.25, -0.2) is 4.90 Å². The van der Waals surface area contributed by atoms with Crippen LogP contribution in [-0.2, 0) is 7.05 Å². The lowest BCUT2D eigenvalue weighted by molar-refractivity contribution is 0.0924. The first-order valence-corrected chi connectivity index (χ1v) is 7.66. The number of benzene rings is 2. The van der Waals surface area contributed by atoms with Crippen molar-refractivity contribution in [2.24, 2.45) is 7.05 Å². The molecule has 5 heteroatoms. The molecule has 5 nitrogen and oxygen atoms in total. The van der Waals surface area contributed by atoms with Crippen LogP contribution >= 0.6 is 0 Å². The topological polar surface area (TPSA) is 55.2 Å². The number of rotatable bonds is 2. The lowest BCUT2D eigenvalue weighted by Crippen LogP contribution is -2.30. The van der Waals surface area contributed by atoms with Crippen LogP contribution < -0.4 is 4.90 Å². The highest BCUT2D eigenvalue weighted by Gasteiger charge is 2.39. The van der Waals surface area contributed by atoms with Crippen LogP contribution in [0.5, 0.6) is 0 Å². The smallest absolute Gasteiger partial charge is 0.267 e. The minimum atomic E-state index is -0.323. The Labute approximate surface area is 139 Å². The number of fused-ring (bicyclic) bond motifs is 1. The number of imide groups is 1. The van der Waals surface area contributed by atoms with E-state index in [2.05, 4.69) is 5.10 Å². The van der Waals surface area contributed by atoms with Gasteiger partial charge in [-0.15, -0.1) is 0 Å². The number of nitrogens with zero attached hydrogens (tertiary/aromatic N) is 3. The molecular formula is C19H15N3O2. The second-order valence-electron chi connectivity index (χ2n) is 5.78. The summed E-state index contributed by atoms with van der Waals surface area (Å²) in [6, 6.07) is 16.7. The molecule has 0 atom stereocenters. The third-order valence-corrected chi connectivity index (χ3v) is 4.31. The molecule has 2 heterocycles. The molecule has 1 aromatic heterocycles. The van der Waals surface area contributed by atoms with Gasteiger partial charge in [-0.3, -0.25) is 14.3 Å². The van der Waals surface area contributed by atoms with Gasteiger partial charge in [0.2, 0.25) is 0 Å². The van der Waals surface area contributed by atoms with E-state index in [-0.39, 0.29) is 11.8 Å². The Balaban J connectivity index is 1.86. The van der Waals surface area contributed by atoms with Crippen molar-refractivity contribution in [3.63, 3.8) is 0 Å². The van der Waals surface area contributed by atoms with Crippen LogP contribution in [0.25, 0.3) is 11.3 Å². The molecule has 0 unspecified atom stereocenters. The maximum atomic E-state index is 12.7. The predicted molar refractivity (Wildman–Crippen MR) is 91.0 cm³/mol. The molecule has 0 saturated heterocycles. The molecule has 118 valence electrons. The molecule has 0 N–H and O–H groups in total. The van der Waals surface area contributed by atoms with Crippen molar-refractivity contribution in [1.82, 2.24) is 9.78 Å². The SMILES string of the molecule is Cc1c(N2C(=O)c3ccccc3C2=O)nn(C)c1-c1ccccc1. The molecule has 0 spiro atoms. The van der Waals surface area contributed by atoms with E-state index in [4.69, 9.17) is 0 Å². The molecule has 2 amide bonds. The summed E-state index contributed by atoms with van der Waals surface area (Å²) in [7, 11) is 1.82. The monoisotopic (exact) mass is 317 g/mol. The number of carbonyl (C=O) groups is 2. The van der Waals surface area contributed by atoms with Crippen molar-refractivity contribution < 1.29 is 9.59 Å². The Morgan fingerprint density at radius 2 is 1.38 bits per heavy atom. The molecule has 1 aliphatic heterocycles. The maximum absolute atomic E-state index is 12.7. The number of anilines is 1. The number of aromatic nitrogens is 2. The summed E-state index contributed by atoms with van der Waals surface area (Å²) in [6.07, 6.45) is 0. The van der Waals surface area contributed by atoms with E-state index in [1.54, 1.807) is 28.9 Å². The maximum Gasteiger partial charge on any atom is 0.267 e. The second kappa shape index (κ2) is 5.16. The van der Waals surface area contributed by atoms with Gasteiger partial charge in [0.15, 0.2) is 5.82 Å². The molecule has 24 heavy (non-hydrogen) atoms. The molecule has 0 saturated carbocycles. The number of carbonyl (C=O) groups excluding carboxylic acids is 2. The fourth-order valence-corrected chi connectivity index (χ4v) is 3.21. The largest absolute Gasteiger partial charge is 0.268 e. The number of aryl methyl sites for hydroxylation is 1. The second-order valence-corrected chi connectivity index (χ2v) is 5.78. The molecule has 3 aromatic rings. The van der Waals surface area contributed by atoms with Crippen LogP contribution in [0.1, 0.15) is 26.3 Å². The molecule has 2 aromatic carbocycles. The Morgan fingerprint density at radius 3 is 1.96 bits per heavy atom. The molecule has 0 bridgehead atoms. The van der Waals surface area contributed by atoms with Gasteiger partial charge in [0.05, 0.1) is 16.8 Å². The van der Waals surface area contributed by atoms with Gasteiger partial charge in [-0.1, -0.05) is 42.5 Å². The normalized spacial score (nSPS) is 13.5. The Morgan fingerprint density at radius 1 is 0.833 bits per heavy atom. The highest BCUT2D eigenvalue weighted by molar-refractivity contribution is 6.34. The van der Waals surface area contributed by atoms with Crippen LogP contribution in [0.15, 0.2) is 54.6 Å². The quantitative estimate of drug-likeness (QED) is 0.682. The highest BCUT2D eigenvalue weighted by Crippen LogP contribution is 2.34. The summed E-state index contributed by atoms with van der Waals surface area (Å²) in [5.74, 6) is -0.254. The average Bonchev–Trinajstić information content (AvgIpc) is 3.03. The fraction of sp³-hybridized carbons (Fsp3) is 0.105. The molecule has 4 rings (SSSR count). The zero-order valence-corrected chi connectivity index (χ0v) is 13.4. The number of hydrogen-bond donors (Lipinski definition) is 0. The third-order valence-electron chi connectivity index (χ3n) is 4.31. The lowest BCUT2D eigenvalue weighted by atomic mass is 10.1. The van der Waals surface area contributed by atoms with E-state index in [1.807, 2.05) is 44.3 Å². The summed E-state index contributed by atoms with van der Waals surface area (Å²) in [5.41, 5.74) is 3.54. The van der Waals surface area contributed by atoms with Crippen molar-refractivity contribution in [1.29, 1.82) is 0 Å². The third kappa shape index (κ3) is 1.91. The van der Waals surface area contributed by atoms with Gasteiger partial charge < -0.3 is 0 Å². The van der Waals surface area contributed by atoms with Gasteiger partial charge in [-0.05, 0) is 19.1 Å². The van der Waals surface area contributed by atoms with Crippen molar-refractivity contribution in [2.75, 3.05) is 4.90 Å². The van der Waals surface area contributed by atoms with Gasteiger partial charge in [0, 0.05) is 18.2 Å². The average molecular weight is 317 g/mol. The van der Waals surface area contributed by atoms with Crippen LogP contribution in [-0.4, -0.2) is 21.6 Å². The standard InChI is InChI=1S/C19H15N3O2/c1-12-16(13-8-4-3-5-9-13)21(2)20-17(12)22-18(23)14-10-6-7-11-15(14)19(22)24/h3-11H,1-2H3. The summed E-state index contributed by atoms with van der Waals surface area (Å²) >= 11 is 0. The Bertz CT molecular complexity index is 939. The van der Waals surface area contributed by atoms with E-state index in [1.165, 1.54) is 4.90 Å². The molecule has 0 fully saturated rings. The molecule has 1 aliphatic rings. The summed E-state index contributed by atoms with van der Waals surface area (Å²) < 4.78 is 1.71. The molecule has 0 aliphatic carbocycles. The van der Waals surface area contributed by atoms with Crippen LogP contribution in [0.3, 0.4) is 0 Å². The van der Waals surface area contributed by atoms with Gasteiger partial charge >= 0.3 is 0 Å². The molecular weight excluding hydrogens is 302 g/mol. The first kappa shape index (κ1) is 14.4. The van der Waals surface area contributed by atoms with E-state index >= 15 is 0 Å². The zero-order valence-electron chi connectivity index (χ0n) is 13.4. The van der Waals surface area contributed by atoms with E-state index in [0.29, 0.717) is 16.9 Å². The molecule has 0 radical (unpaired) electrons. The summed E-state index contributed by atoms with van der Waals surface area (Å²) in [4.78, 5) is 26.5. The Kier molecular flexibility index (Phi) is 3.09. The van der Waals surface area contributed by atoms with Gasteiger partial charge in [0.25, 0.3) is 11.8 Å². The fourth-order valence-electron chi connectivity index (χ4n) is 3.21. The van der Waals surface area contributed by atoms with Gasteiger partial charge in [-0.2, -0.15) is 5.10 Å². The van der Waals surface area contributed by atoms with E-state index in [9.17, 15) is 9.59 Å².